The molecule has 0 spiro atoms. The van der Waals surface area contributed by atoms with E-state index in [1.54, 1.807) is 11.1 Å². The van der Waals surface area contributed by atoms with Crippen molar-refractivity contribution < 1.29 is 0 Å². The van der Waals surface area contributed by atoms with E-state index < -0.39 is 0 Å². The molecule has 1 aromatic carbocycles. The second kappa shape index (κ2) is 5.16. The zero-order chi connectivity index (χ0) is 13.4. The minimum atomic E-state index is 0.586. The monoisotopic (exact) mass is 258 g/mol. The van der Waals surface area contributed by atoms with Gasteiger partial charge in [0, 0.05) is 30.9 Å². The number of piperazine rings is 1. The van der Waals surface area contributed by atoms with Crippen LogP contribution in [-0.4, -0.2) is 25.2 Å². The Kier molecular flexibility index (Phi) is 3.53. The van der Waals surface area contributed by atoms with E-state index >= 15 is 0 Å². The summed E-state index contributed by atoms with van der Waals surface area (Å²) in [7, 11) is 0. The third kappa shape index (κ3) is 2.51. The van der Waals surface area contributed by atoms with Crippen molar-refractivity contribution in [2.24, 2.45) is 5.92 Å². The van der Waals surface area contributed by atoms with Gasteiger partial charge in [-0.3, -0.25) is 0 Å². The molecule has 19 heavy (non-hydrogen) atoms. The zero-order valence-corrected chi connectivity index (χ0v) is 12.4. The molecule has 3 rings (SSSR count). The van der Waals surface area contributed by atoms with Crippen LogP contribution < -0.4 is 10.2 Å². The quantitative estimate of drug-likeness (QED) is 0.877. The molecule has 1 heterocycles. The smallest absolute Gasteiger partial charge is 0.0438 e. The van der Waals surface area contributed by atoms with Crippen LogP contribution in [-0.2, 0) is 12.8 Å². The molecule has 2 atom stereocenters. The highest BCUT2D eigenvalue weighted by Crippen LogP contribution is 2.30. The highest BCUT2D eigenvalue weighted by atomic mass is 15.2. The molecule has 1 aliphatic heterocycles. The van der Waals surface area contributed by atoms with Gasteiger partial charge in [0.2, 0.25) is 0 Å². The van der Waals surface area contributed by atoms with E-state index in [1.807, 2.05) is 0 Å². The molecular formula is C17H26N2. The zero-order valence-electron chi connectivity index (χ0n) is 12.4. The van der Waals surface area contributed by atoms with Crippen LogP contribution in [0.5, 0.6) is 0 Å². The number of fused-ring (bicyclic) bond motifs is 1. The first-order valence-corrected chi connectivity index (χ1v) is 7.77. The molecule has 1 saturated heterocycles. The topological polar surface area (TPSA) is 15.3 Å². The number of benzene rings is 1. The summed E-state index contributed by atoms with van der Waals surface area (Å²) in [6.07, 6.45) is 3.89. The van der Waals surface area contributed by atoms with E-state index in [9.17, 15) is 0 Å². The van der Waals surface area contributed by atoms with Crippen molar-refractivity contribution >= 4 is 5.69 Å². The molecule has 2 heteroatoms. The molecule has 0 amide bonds. The molecule has 1 aromatic rings. The summed E-state index contributed by atoms with van der Waals surface area (Å²) in [6.45, 7) is 9.19. The Morgan fingerprint density at radius 2 is 2.00 bits per heavy atom. The number of hydrogen-bond donors (Lipinski definition) is 1. The highest BCUT2D eigenvalue weighted by Gasteiger charge is 2.28. The Morgan fingerprint density at radius 3 is 2.79 bits per heavy atom. The molecule has 1 fully saturated rings. The van der Waals surface area contributed by atoms with E-state index in [-0.39, 0.29) is 0 Å². The first-order valence-electron chi connectivity index (χ1n) is 7.77. The lowest BCUT2D eigenvalue weighted by molar-refractivity contribution is 0.349. The number of rotatable bonds is 2. The van der Waals surface area contributed by atoms with Crippen LogP contribution in [0.4, 0.5) is 5.69 Å². The molecule has 2 nitrogen and oxygen atoms in total. The van der Waals surface area contributed by atoms with Crippen molar-refractivity contribution in [1.29, 1.82) is 0 Å². The largest absolute Gasteiger partial charge is 0.365 e. The molecule has 1 aliphatic carbocycles. The number of aryl methyl sites for hydroxylation is 2. The maximum atomic E-state index is 3.62. The summed E-state index contributed by atoms with van der Waals surface area (Å²) in [5.41, 5.74) is 4.60. The molecule has 1 N–H and O–H groups in total. The normalized spacial score (nSPS) is 26.8. The fourth-order valence-corrected chi connectivity index (χ4v) is 3.56. The van der Waals surface area contributed by atoms with E-state index in [4.69, 9.17) is 0 Å². The van der Waals surface area contributed by atoms with Crippen molar-refractivity contribution in [3.05, 3.63) is 29.3 Å². The van der Waals surface area contributed by atoms with Crippen molar-refractivity contribution in [2.75, 3.05) is 18.0 Å². The number of nitrogens with one attached hydrogen (secondary N) is 1. The van der Waals surface area contributed by atoms with Crippen molar-refractivity contribution in [2.45, 2.75) is 52.1 Å². The van der Waals surface area contributed by atoms with Crippen LogP contribution in [0.2, 0.25) is 0 Å². The number of nitrogens with zero attached hydrogens (tertiary/aromatic N) is 1. The third-order valence-electron chi connectivity index (χ3n) is 4.73. The second-order valence-corrected chi connectivity index (χ2v) is 6.58. The molecular weight excluding hydrogens is 232 g/mol. The van der Waals surface area contributed by atoms with Gasteiger partial charge in [-0.2, -0.15) is 0 Å². The minimum absolute atomic E-state index is 0.586. The summed E-state index contributed by atoms with van der Waals surface area (Å²) in [5, 5.41) is 3.62. The van der Waals surface area contributed by atoms with Crippen LogP contribution >= 0.6 is 0 Å². The second-order valence-electron chi connectivity index (χ2n) is 6.58. The fraction of sp³-hybridized carbons (Fsp3) is 0.647. The minimum Gasteiger partial charge on any atom is -0.365 e. The van der Waals surface area contributed by atoms with Gasteiger partial charge in [0.05, 0.1) is 0 Å². The van der Waals surface area contributed by atoms with Crippen LogP contribution in [0.3, 0.4) is 0 Å². The molecule has 2 unspecified atom stereocenters. The molecule has 0 aromatic heterocycles. The first-order chi connectivity index (χ1) is 9.15. The van der Waals surface area contributed by atoms with Crippen LogP contribution in [0.25, 0.3) is 0 Å². The van der Waals surface area contributed by atoms with E-state index in [0.29, 0.717) is 18.0 Å². The third-order valence-corrected chi connectivity index (χ3v) is 4.73. The average Bonchev–Trinajstić information content (AvgIpc) is 2.85. The Hall–Kier alpha value is -1.02. The van der Waals surface area contributed by atoms with Crippen molar-refractivity contribution in [3.8, 4) is 0 Å². The first kappa shape index (κ1) is 13.0. The standard InChI is InChI=1S/C17H26N2/c1-12(2)17-10-18-13(3)11-19(17)16-8-7-14-5-4-6-15(14)9-16/h7-9,12-13,17-18H,4-6,10-11H2,1-3H3. The summed E-state index contributed by atoms with van der Waals surface area (Å²) < 4.78 is 0. The van der Waals surface area contributed by atoms with Gasteiger partial charge < -0.3 is 10.2 Å². The lowest BCUT2D eigenvalue weighted by Gasteiger charge is -2.43. The molecule has 0 saturated carbocycles. The summed E-state index contributed by atoms with van der Waals surface area (Å²) in [4.78, 5) is 2.63. The summed E-state index contributed by atoms with van der Waals surface area (Å²) in [5.74, 6) is 0.688. The molecule has 104 valence electrons. The highest BCUT2D eigenvalue weighted by molar-refractivity contribution is 5.53. The van der Waals surface area contributed by atoms with E-state index in [0.717, 1.165) is 13.1 Å². The maximum absolute atomic E-state index is 3.62. The van der Waals surface area contributed by atoms with Gasteiger partial charge in [0.15, 0.2) is 0 Å². The maximum Gasteiger partial charge on any atom is 0.0438 e. The molecule has 2 aliphatic rings. The Balaban J connectivity index is 1.89. The van der Waals surface area contributed by atoms with Crippen LogP contribution in [0.15, 0.2) is 18.2 Å². The van der Waals surface area contributed by atoms with Gasteiger partial charge in [-0.1, -0.05) is 19.9 Å². The lowest BCUT2D eigenvalue weighted by atomic mass is 9.97. The number of anilines is 1. The van der Waals surface area contributed by atoms with Gasteiger partial charge >= 0.3 is 0 Å². The lowest BCUT2D eigenvalue weighted by Crippen LogP contribution is -2.57. The SMILES string of the molecule is CC1CN(c2ccc3c(c2)CCC3)C(C(C)C)CN1. The van der Waals surface area contributed by atoms with Crippen LogP contribution in [0.1, 0.15) is 38.3 Å². The summed E-state index contributed by atoms with van der Waals surface area (Å²) >= 11 is 0. The predicted octanol–water partition coefficient (Wildman–Crippen LogP) is 3.00. The average molecular weight is 258 g/mol. The predicted molar refractivity (Wildman–Crippen MR) is 81.9 cm³/mol. The van der Waals surface area contributed by atoms with Gasteiger partial charge in [0.25, 0.3) is 0 Å². The van der Waals surface area contributed by atoms with E-state index in [1.165, 1.54) is 24.9 Å². The van der Waals surface area contributed by atoms with Gasteiger partial charge in [0.1, 0.15) is 0 Å². The number of hydrogen-bond acceptors (Lipinski definition) is 2. The van der Waals surface area contributed by atoms with Gasteiger partial charge in [-0.05, 0) is 55.4 Å². The Bertz CT molecular complexity index is 453. The van der Waals surface area contributed by atoms with Gasteiger partial charge in [-0.15, -0.1) is 0 Å². The van der Waals surface area contributed by atoms with Crippen LogP contribution in [0, 0.1) is 5.92 Å². The Labute approximate surface area is 117 Å². The van der Waals surface area contributed by atoms with E-state index in [2.05, 4.69) is 49.2 Å². The molecule has 0 bridgehead atoms. The molecule has 0 radical (unpaired) electrons. The van der Waals surface area contributed by atoms with Crippen molar-refractivity contribution in [1.82, 2.24) is 5.32 Å². The van der Waals surface area contributed by atoms with Gasteiger partial charge in [-0.25, -0.2) is 0 Å². The summed E-state index contributed by atoms with van der Waals surface area (Å²) in [6, 6.07) is 8.37. The fourth-order valence-electron chi connectivity index (χ4n) is 3.56. The van der Waals surface area contributed by atoms with Crippen molar-refractivity contribution in [3.63, 3.8) is 0 Å². The Morgan fingerprint density at radius 1 is 1.21 bits per heavy atom.